The second-order valence-electron chi connectivity index (χ2n) is 7.07. The molecule has 0 radical (unpaired) electrons. The summed E-state index contributed by atoms with van der Waals surface area (Å²) in [6.45, 7) is 0.378. The molecule has 0 bridgehead atoms. The summed E-state index contributed by atoms with van der Waals surface area (Å²) in [5.41, 5.74) is 3.34. The summed E-state index contributed by atoms with van der Waals surface area (Å²) in [4.78, 5) is 18.3. The number of imidazole rings is 1. The molecule has 0 aliphatic rings. The highest BCUT2D eigenvalue weighted by atomic mass is 79.9. The van der Waals surface area contributed by atoms with Gasteiger partial charge in [-0.15, -0.1) is 0 Å². The molecule has 0 aliphatic heterocycles. The van der Waals surface area contributed by atoms with Crippen molar-refractivity contribution in [3.8, 4) is 11.5 Å². The first-order valence-electron chi connectivity index (χ1n) is 9.70. The van der Waals surface area contributed by atoms with E-state index in [9.17, 15) is 4.79 Å². The van der Waals surface area contributed by atoms with Gasteiger partial charge in [0.05, 0.1) is 22.7 Å². The van der Waals surface area contributed by atoms with Crippen LogP contribution in [-0.4, -0.2) is 16.5 Å². The Hall–Kier alpha value is -2.87. The fourth-order valence-corrected chi connectivity index (χ4v) is 4.97. The molecule has 2 aromatic heterocycles. The van der Waals surface area contributed by atoms with Gasteiger partial charge in [-0.25, -0.2) is 9.38 Å². The zero-order valence-corrected chi connectivity index (χ0v) is 20.0. The highest BCUT2D eigenvalue weighted by molar-refractivity contribution is 9.10. The summed E-state index contributed by atoms with van der Waals surface area (Å²) in [5, 5.41) is 0.681. The van der Waals surface area contributed by atoms with Crippen molar-refractivity contribution in [2.45, 2.75) is 6.61 Å². The Morgan fingerprint density at radius 3 is 2.69 bits per heavy atom. The van der Waals surface area contributed by atoms with Gasteiger partial charge in [-0.05, 0) is 53.6 Å². The molecule has 3 aromatic carbocycles. The second kappa shape index (κ2) is 8.58. The third-order valence-electron chi connectivity index (χ3n) is 5.02. The number of nitrogens with zero attached hydrogens (tertiary/aromatic N) is 2. The Balaban J connectivity index is 1.51. The molecule has 0 spiro atoms. The van der Waals surface area contributed by atoms with Gasteiger partial charge in [-0.2, -0.15) is 0 Å². The summed E-state index contributed by atoms with van der Waals surface area (Å²) in [6, 6.07) is 18.8. The lowest BCUT2D eigenvalue weighted by molar-refractivity contribution is 0.284. The number of benzene rings is 3. The quantitative estimate of drug-likeness (QED) is 0.305. The molecule has 0 amide bonds. The summed E-state index contributed by atoms with van der Waals surface area (Å²) >= 11 is 10.9. The van der Waals surface area contributed by atoms with Crippen molar-refractivity contribution >= 4 is 60.9 Å². The minimum absolute atomic E-state index is 0.0902. The average molecular weight is 528 g/mol. The van der Waals surface area contributed by atoms with Gasteiger partial charge in [0, 0.05) is 9.50 Å². The predicted octanol–water partition coefficient (Wildman–Crippen LogP) is 5.46. The molecule has 0 unspecified atom stereocenters. The standard InChI is InChI=1S/C24H16BrClN2O3S/c1-30-20-10-15(17(25)12-21(20)31-13-14-6-8-16(26)9-7-14)11-22-23(29)28-19-5-3-2-4-18(19)27-24(28)32-22/h2-12H,13H2,1H3. The van der Waals surface area contributed by atoms with E-state index in [1.807, 2.05) is 66.7 Å². The molecule has 0 N–H and O–H groups in total. The Morgan fingerprint density at radius 1 is 1.12 bits per heavy atom. The van der Waals surface area contributed by atoms with Crippen molar-refractivity contribution < 1.29 is 9.47 Å². The van der Waals surface area contributed by atoms with E-state index in [2.05, 4.69) is 20.9 Å². The molecule has 0 atom stereocenters. The lowest BCUT2D eigenvalue weighted by atomic mass is 10.2. The minimum Gasteiger partial charge on any atom is -0.493 e. The van der Waals surface area contributed by atoms with E-state index in [-0.39, 0.29) is 5.56 Å². The predicted molar refractivity (Wildman–Crippen MR) is 132 cm³/mol. The Kier molecular flexibility index (Phi) is 5.63. The molecule has 8 heteroatoms. The zero-order chi connectivity index (χ0) is 22.2. The van der Waals surface area contributed by atoms with Crippen LogP contribution >= 0.6 is 38.9 Å². The highest BCUT2D eigenvalue weighted by Crippen LogP contribution is 2.34. The van der Waals surface area contributed by atoms with E-state index in [4.69, 9.17) is 21.1 Å². The lowest BCUT2D eigenvalue weighted by Crippen LogP contribution is -2.22. The van der Waals surface area contributed by atoms with Gasteiger partial charge in [0.15, 0.2) is 16.5 Å². The van der Waals surface area contributed by atoms with Crippen LogP contribution in [0.25, 0.3) is 22.1 Å². The molecule has 0 saturated heterocycles. The number of thiazole rings is 1. The van der Waals surface area contributed by atoms with Gasteiger partial charge in [0.25, 0.3) is 5.56 Å². The van der Waals surface area contributed by atoms with Crippen LogP contribution in [0.4, 0.5) is 0 Å². The van der Waals surface area contributed by atoms with Gasteiger partial charge in [-0.1, -0.05) is 63.1 Å². The van der Waals surface area contributed by atoms with Crippen LogP contribution in [-0.2, 0) is 6.61 Å². The Morgan fingerprint density at radius 2 is 1.91 bits per heavy atom. The largest absolute Gasteiger partial charge is 0.493 e. The van der Waals surface area contributed by atoms with E-state index in [1.165, 1.54) is 11.3 Å². The van der Waals surface area contributed by atoms with E-state index >= 15 is 0 Å². The van der Waals surface area contributed by atoms with Gasteiger partial charge >= 0.3 is 0 Å². The number of fused-ring (bicyclic) bond motifs is 3. The fraction of sp³-hybridized carbons (Fsp3) is 0.0833. The first-order valence-corrected chi connectivity index (χ1v) is 11.7. The minimum atomic E-state index is -0.0902. The third kappa shape index (κ3) is 3.88. The SMILES string of the molecule is COc1cc(C=c2sc3nc4ccccc4n3c2=O)c(Br)cc1OCc1ccc(Cl)cc1. The van der Waals surface area contributed by atoms with Crippen LogP contribution in [0.2, 0.25) is 5.02 Å². The molecule has 5 nitrogen and oxygen atoms in total. The third-order valence-corrected chi connectivity index (χ3v) is 6.93. The van der Waals surface area contributed by atoms with Crippen LogP contribution in [0.5, 0.6) is 11.5 Å². The van der Waals surface area contributed by atoms with E-state index in [1.54, 1.807) is 11.5 Å². The second-order valence-corrected chi connectivity index (χ2v) is 9.37. The van der Waals surface area contributed by atoms with Crippen molar-refractivity contribution in [1.29, 1.82) is 0 Å². The number of rotatable bonds is 5. The number of hydrogen-bond acceptors (Lipinski definition) is 5. The van der Waals surface area contributed by atoms with E-state index in [0.29, 0.717) is 32.6 Å². The van der Waals surface area contributed by atoms with Crippen LogP contribution in [0.1, 0.15) is 11.1 Å². The summed E-state index contributed by atoms with van der Waals surface area (Å²) < 4.78 is 14.5. The van der Waals surface area contributed by atoms with Gasteiger partial charge in [-0.3, -0.25) is 4.79 Å². The Labute approximate surface area is 200 Å². The Bertz CT molecular complexity index is 1560. The molecular weight excluding hydrogens is 512 g/mol. The van der Waals surface area contributed by atoms with Crippen LogP contribution in [0, 0.1) is 0 Å². The van der Waals surface area contributed by atoms with Gasteiger partial charge in [0.2, 0.25) is 0 Å². The number of aromatic nitrogens is 2. The number of ether oxygens (including phenoxy) is 2. The number of para-hydroxylation sites is 2. The summed E-state index contributed by atoms with van der Waals surface area (Å²) in [5.74, 6) is 1.17. The number of halogens is 2. The molecule has 32 heavy (non-hydrogen) atoms. The van der Waals surface area contributed by atoms with Crippen molar-refractivity contribution in [3.05, 3.63) is 96.2 Å². The first-order chi connectivity index (χ1) is 15.5. The van der Waals surface area contributed by atoms with E-state index in [0.717, 1.165) is 26.6 Å². The van der Waals surface area contributed by atoms with Crippen molar-refractivity contribution in [3.63, 3.8) is 0 Å². The molecule has 0 fully saturated rings. The maximum absolute atomic E-state index is 13.0. The molecular formula is C24H16BrClN2O3S. The molecule has 160 valence electrons. The average Bonchev–Trinajstić information content (AvgIpc) is 3.31. The topological polar surface area (TPSA) is 52.8 Å². The molecule has 5 aromatic rings. The van der Waals surface area contributed by atoms with Crippen molar-refractivity contribution in [2.75, 3.05) is 7.11 Å². The normalized spacial score (nSPS) is 12.0. The van der Waals surface area contributed by atoms with Crippen molar-refractivity contribution in [2.24, 2.45) is 0 Å². The monoisotopic (exact) mass is 526 g/mol. The first kappa shape index (κ1) is 21.0. The van der Waals surface area contributed by atoms with Crippen LogP contribution < -0.4 is 19.6 Å². The van der Waals surface area contributed by atoms with Gasteiger partial charge < -0.3 is 9.47 Å². The highest BCUT2D eigenvalue weighted by Gasteiger charge is 2.13. The molecule has 0 aliphatic carbocycles. The van der Waals surface area contributed by atoms with Crippen LogP contribution in [0.3, 0.4) is 0 Å². The number of methoxy groups -OCH3 is 1. The van der Waals surface area contributed by atoms with Gasteiger partial charge in [0.1, 0.15) is 6.61 Å². The zero-order valence-electron chi connectivity index (χ0n) is 16.8. The van der Waals surface area contributed by atoms with E-state index < -0.39 is 0 Å². The molecule has 5 rings (SSSR count). The molecule has 2 heterocycles. The molecule has 0 saturated carbocycles. The smallest absolute Gasteiger partial charge is 0.274 e. The van der Waals surface area contributed by atoms with Crippen LogP contribution in [0.15, 0.2) is 69.9 Å². The summed E-state index contributed by atoms with van der Waals surface area (Å²) in [7, 11) is 1.59. The van der Waals surface area contributed by atoms with Crippen molar-refractivity contribution in [1.82, 2.24) is 9.38 Å². The fourth-order valence-electron chi connectivity index (χ4n) is 3.43. The maximum Gasteiger partial charge on any atom is 0.274 e. The summed E-state index contributed by atoms with van der Waals surface area (Å²) in [6.07, 6.45) is 1.84. The maximum atomic E-state index is 13.0. The lowest BCUT2D eigenvalue weighted by Gasteiger charge is -2.13. The number of hydrogen-bond donors (Lipinski definition) is 0.